The highest BCUT2D eigenvalue weighted by atomic mass is 16.7. The van der Waals surface area contributed by atoms with Gasteiger partial charge in [-0.1, -0.05) is 18.2 Å². The van der Waals surface area contributed by atoms with Crippen LogP contribution in [0.2, 0.25) is 0 Å². The fourth-order valence-electron chi connectivity index (χ4n) is 3.44. The number of benzene rings is 1. The standard InChI is InChI=1S/C17H17NO3/c1-17-13(7-5-9-20-17)15(16(19)21-17)12-10-18(2)14-8-4-3-6-11(12)14/h3-4,6,8,10H,5,7,9H2,1-2H3/t17-/m0/s1. The molecule has 4 rings (SSSR count). The van der Waals surface area contributed by atoms with Crippen LogP contribution in [0.15, 0.2) is 36.0 Å². The van der Waals surface area contributed by atoms with E-state index in [0.717, 1.165) is 34.9 Å². The Bertz CT molecular complexity index is 786. The van der Waals surface area contributed by atoms with Crippen molar-refractivity contribution in [2.24, 2.45) is 7.05 Å². The predicted molar refractivity (Wildman–Crippen MR) is 79.5 cm³/mol. The molecule has 0 spiro atoms. The molecular weight excluding hydrogens is 266 g/mol. The number of nitrogens with zero attached hydrogens (tertiary/aromatic N) is 1. The van der Waals surface area contributed by atoms with E-state index in [2.05, 4.69) is 6.07 Å². The Morgan fingerprint density at radius 3 is 2.95 bits per heavy atom. The van der Waals surface area contributed by atoms with Crippen LogP contribution in [-0.4, -0.2) is 22.9 Å². The van der Waals surface area contributed by atoms with E-state index in [9.17, 15) is 4.79 Å². The van der Waals surface area contributed by atoms with Crippen LogP contribution in [0.25, 0.3) is 16.5 Å². The SMILES string of the molecule is Cn1cc(C2=C3CCCO[C@@]3(C)OC2=O)c2ccccc21. The van der Waals surface area contributed by atoms with Crippen LogP contribution in [0, 0.1) is 0 Å². The summed E-state index contributed by atoms with van der Waals surface area (Å²) in [5, 5.41) is 1.08. The Kier molecular flexibility index (Phi) is 2.54. The molecule has 1 aromatic carbocycles. The molecule has 2 aliphatic rings. The highest BCUT2D eigenvalue weighted by molar-refractivity contribution is 6.23. The van der Waals surface area contributed by atoms with Crippen molar-refractivity contribution >= 4 is 22.4 Å². The Morgan fingerprint density at radius 2 is 2.10 bits per heavy atom. The van der Waals surface area contributed by atoms with Gasteiger partial charge in [-0.2, -0.15) is 0 Å². The van der Waals surface area contributed by atoms with Gasteiger partial charge in [-0.25, -0.2) is 4.79 Å². The summed E-state index contributed by atoms with van der Waals surface area (Å²) in [6, 6.07) is 8.10. The number of hydrogen-bond donors (Lipinski definition) is 0. The van der Waals surface area contributed by atoms with Crippen LogP contribution in [-0.2, 0) is 21.3 Å². The first-order valence-corrected chi connectivity index (χ1v) is 7.25. The van der Waals surface area contributed by atoms with Crippen molar-refractivity contribution in [2.45, 2.75) is 25.6 Å². The third-order valence-electron chi connectivity index (χ3n) is 4.46. The average molecular weight is 283 g/mol. The zero-order chi connectivity index (χ0) is 14.6. The fourth-order valence-corrected chi connectivity index (χ4v) is 3.44. The van der Waals surface area contributed by atoms with Crippen molar-refractivity contribution in [1.29, 1.82) is 0 Å². The van der Waals surface area contributed by atoms with E-state index in [-0.39, 0.29) is 5.97 Å². The van der Waals surface area contributed by atoms with Gasteiger partial charge < -0.3 is 14.0 Å². The summed E-state index contributed by atoms with van der Waals surface area (Å²) in [6.07, 6.45) is 3.78. The zero-order valence-electron chi connectivity index (χ0n) is 12.2. The topological polar surface area (TPSA) is 40.5 Å². The maximum Gasteiger partial charge on any atom is 0.341 e. The number of aromatic nitrogens is 1. The maximum atomic E-state index is 12.4. The number of aryl methyl sites for hydroxylation is 1. The molecule has 0 aliphatic carbocycles. The van der Waals surface area contributed by atoms with Gasteiger partial charge in [-0.15, -0.1) is 0 Å². The highest BCUT2D eigenvalue weighted by Gasteiger charge is 2.47. The first kappa shape index (κ1) is 12.7. The van der Waals surface area contributed by atoms with E-state index in [1.807, 2.05) is 42.9 Å². The first-order valence-electron chi connectivity index (χ1n) is 7.25. The molecule has 1 atom stereocenters. The molecule has 0 saturated carbocycles. The van der Waals surface area contributed by atoms with Crippen LogP contribution in [0.4, 0.5) is 0 Å². The summed E-state index contributed by atoms with van der Waals surface area (Å²) in [6.45, 7) is 2.48. The van der Waals surface area contributed by atoms with Crippen LogP contribution < -0.4 is 0 Å². The first-order chi connectivity index (χ1) is 10.1. The van der Waals surface area contributed by atoms with E-state index in [4.69, 9.17) is 9.47 Å². The molecular formula is C17H17NO3. The lowest BCUT2D eigenvalue weighted by atomic mass is 9.92. The second-order valence-corrected chi connectivity index (χ2v) is 5.81. The van der Waals surface area contributed by atoms with Gasteiger partial charge >= 0.3 is 5.97 Å². The van der Waals surface area contributed by atoms with Crippen molar-refractivity contribution < 1.29 is 14.3 Å². The van der Waals surface area contributed by atoms with Gasteiger partial charge in [0, 0.05) is 42.2 Å². The Morgan fingerprint density at radius 1 is 1.29 bits per heavy atom. The largest absolute Gasteiger partial charge is 0.426 e. The second-order valence-electron chi connectivity index (χ2n) is 5.81. The normalized spacial score (nSPS) is 25.3. The van der Waals surface area contributed by atoms with Crippen LogP contribution in [0.1, 0.15) is 25.3 Å². The van der Waals surface area contributed by atoms with E-state index in [0.29, 0.717) is 12.2 Å². The van der Waals surface area contributed by atoms with Gasteiger partial charge in [-0.05, 0) is 18.9 Å². The third kappa shape index (κ3) is 1.69. The average Bonchev–Trinajstić information content (AvgIpc) is 2.92. The van der Waals surface area contributed by atoms with Crippen molar-refractivity contribution in [2.75, 3.05) is 6.61 Å². The molecule has 1 saturated heterocycles. The monoisotopic (exact) mass is 283 g/mol. The summed E-state index contributed by atoms with van der Waals surface area (Å²) in [7, 11) is 1.99. The molecule has 0 unspecified atom stereocenters. The molecule has 0 N–H and O–H groups in total. The van der Waals surface area contributed by atoms with Crippen molar-refractivity contribution in [1.82, 2.24) is 4.57 Å². The van der Waals surface area contributed by atoms with Gasteiger partial charge in [0.2, 0.25) is 5.79 Å². The molecule has 1 aromatic heterocycles. The molecule has 2 aromatic rings. The molecule has 4 nitrogen and oxygen atoms in total. The van der Waals surface area contributed by atoms with Gasteiger partial charge in [0.25, 0.3) is 0 Å². The van der Waals surface area contributed by atoms with Gasteiger partial charge in [0.15, 0.2) is 0 Å². The molecule has 4 heteroatoms. The molecule has 2 aliphatic heterocycles. The van der Waals surface area contributed by atoms with E-state index in [1.54, 1.807) is 0 Å². The predicted octanol–water partition coefficient (Wildman–Crippen LogP) is 3.02. The molecule has 0 amide bonds. The summed E-state index contributed by atoms with van der Waals surface area (Å²) < 4.78 is 13.3. The molecule has 108 valence electrons. The van der Waals surface area contributed by atoms with Gasteiger partial charge in [0.1, 0.15) is 0 Å². The maximum absolute atomic E-state index is 12.4. The van der Waals surface area contributed by atoms with Crippen molar-refractivity contribution in [3.63, 3.8) is 0 Å². The number of esters is 1. The number of fused-ring (bicyclic) bond motifs is 2. The van der Waals surface area contributed by atoms with Crippen molar-refractivity contribution in [3.8, 4) is 0 Å². The smallest absolute Gasteiger partial charge is 0.341 e. The Hall–Kier alpha value is -2.07. The lowest BCUT2D eigenvalue weighted by Gasteiger charge is -2.30. The number of ether oxygens (including phenoxy) is 2. The summed E-state index contributed by atoms with van der Waals surface area (Å²) >= 11 is 0. The molecule has 21 heavy (non-hydrogen) atoms. The van der Waals surface area contributed by atoms with Gasteiger partial charge in [0.05, 0.1) is 12.2 Å². The number of rotatable bonds is 1. The number of carbonyl (C=O) groups excluding carboxylic acids is 1. The van der Waals surface area contributed by atoms with Gasteiger partial charge in [-0.3, -0.25) is 0 Å². The third-order valence-corrected chi connectivity index (χ3v) is 4.46. The second kappa shape index (κ2) is 4.21. The number of carbonyl (C=O) groups is 1. The van der Waals surface area contributed by atoms with Crippen LogP contribution in [0.3, 0.4) is 0 Å². The lowest BCUT2D eigenvalue weighted by Crippen LogP contribution is -2.35. The minimum Gasteiger partial charge on any atom is -0.426 e. The Balaban J connectivity index is 1.99. The van der Waals surface area contributed by atoms with Crippen LogP contribution >= 0.6 is 0 Å². The number of hydrogen-bond acceptors (Lipinski definition) is 3. The highest BCUT2D eigenvalue weighted by Crippen LogP contribution is 2.45. The minimum atomic E-state index is -0.873. The zero-order valence-corrected chi connectivity index (χ0v) is 12.2. The number of para-hydroxylation sites is 1. The molecule has 0 bridgehead atoms. The molecule has 0 radical (unpaired) electrons. The fraction of sp³-hybridized carbons (Fsp3) is 0.353. The summed E-state index contributed by atoms with van der Waals surface area (Å²) in [4.78, 5) is 12.4. The van der Waals surface area contributed by atoms with E-state index < -0.39 is 5.79 Å². The van der Waals surface area contributed by atoms with E-state index >= 15 is 0 Å². The van der Waals surface area contributed by atoms with Crippen LogP contribution in [0.5, 0.6) is 0 Å². The summed E-state index contributed by atoms with van der Waals surface area (Å²) in [5.74, 6) is -1.15. The Labute approximate surface area is 123 Å². The summed E-state index contributed by atoms with van der Waals surface area (Å²) in [5.41, 5.74) is 3.73. The van der Waals surface area contributed by atoms with E-state index in [1.165, 1.54) is 0 Å². The minimum absolute atomic E-state index is 0.272. The lowest BCUT2D eigenvalue weighted by molar-refractivity contribution is -0.201. The quantitative estimate of drug-likeness (QED) is 0.755. The molecule has 1 fully saturated rings. The molecule has 3 heterocycles. The van der Waals surface area contributed by atoms with Crippen molar-refractivity contribution in [3.05, 3.63) is 41.6 Å².